The Bertz CT molecular complexity index is 453. The van der Waals surface area contributed by atoms with Crippen molar-refractivity contribution < 1.29 is 9.31 Å². The Kier molecular flexibility index (Phi) is 3.46. The van der Waals surface area contributed by atoms with Gasteiger partial charge in [0.2, 0.25) is 0 Å². The molecule has 0 N–H and O–H groups in total. The monoisotopic (exact) mass is 272 g/mol. The van der Waals surface area contributed by atoms with Crippen molar-refractivity contribution in [2.24, 2.45) is 5.92 Å². The molecule has 0 bridgehead atoms. The van der Waals surface area contributed by atoms with Crippen LogP contribution in [-0.4, -0.2) is 18.3 Å². The fourth-order valence-corrected chi connectivity index (χ4v) is 3.00. The normalized spacial score (nSPS) is 30.5. The lowest BCUT2D eigenvalue weighted by atomic mass is 9.80. The highest BCUT2D eigenvalue weighted by atomic mass is 16.7. The number of benzene rings is 1. The second-order valence-corrected chi connectivity index (χ2v) is 7.31. The maximum Gasteiger partial charge on any atom is 0.461 e. The van der Waals surface area contributed by atoms with Crippen LogP contribution in [0.15, 0.2) is 30.3 Å². The van der Waals surface area contributed by atoms with E-state index in [0.29, 0.717) is 5.82 Å². The van der Waals surface area contributed by atoms with Gasteiger partial charge in [0.1, 0.15) is 0 Å². The van der Waals surface area contributed by atoms with Gasteiger partial charge in [0, 0.05) is 0 Å². The summed E-state index contributed by atoms with van der Waals surface area (Å²) in [5.74, 6) is 1.37. The van der Waals surface area contributed by atoms with E-state index in [1.807, 2.05) is 0 Å². The van der Waals surface area contributed by atoms with Gasteiger partial charge in [-0.15, -0.1) is 0 Å². The Balaban J connectivity index is 1.51. The average molecular weight is 272 g/mol. The van der Waals surface area contributed by atoms with Gasteiger partial charge >= 0.3 is 7.12 Å². The molecule has 1 aliphatic heterocycles. The number of hydrogen-bond acceptors (Lipinski definition) is 2. The summed E-state index contributed by atoms with van der Waals surface area (Å²) in [6.45, 7) is 8.53. The van der Waals surface area contributed by atoms with E-state index in [2.05, 4.69) is 58.0 Å². The zero-order valence-corrected chi connectivity index (χ0v) is 13.1. The van der Waals surface area contributed by atoms with Gasteiger partial charge in [0.25, 0.3) is 0 Å². The first-order valence-corrected chi connectivity index (χ1v) is 7.79. The van der Waals surface area contributed by atoms with Crippen LogP contribution in [0.4, 0.5) is 0 Å². The first-order chi connectivity index (χ1) is 9.39. The molecule has 3 heteroatoms. The predicted octanol–water partition coefficient (Wildman–Crippen LogP) is 4.10. The summed E-state index contributed by atoms with van der Waals surface area (Å²) in [6.07, 6.45) is 3.67. The summed E-state index contributed by atoms with van der Waals surface area (Å²) in [4.78, 5) is 0. The molecule has 1 aromatic carbocycles. The van der Waals surface area contributed by atoms with Crippen molar-refractivity contribution in [1.82, 2.24) is 0 Å². The summed E-state index contributed by atoms with van der Waals surface area (Å²) in [5, 5.41) is 0. The van der Waals surface area contributed by atoms with E-state index in [1.54, 1.807) is 0 Å². The SMILES string of the molecule is CC1(C)OB(C2CC2CCc2ccccc2)OC1(C)C. The molecule has 0 spiro atoms. The molecule has 0 radical (unpaired) electrons. The number of rotatable bonds is 4. The van der Waals surface area contributed by atoms with E-state index >= 15 is 0 Å². The quantitative estimate of drug-likeness (QED) is 0.768. The molecule has 1 heterocycles. The fraction of sp³-hybridized carbons (Fsp3) is 0.647. The lowest BCUT2D eigenvalue weighted by molar-refractivity contribution is 0.00578. The van der Waals surface area contributed by atoms with Gasteiger partial charge in [-0.05, 0) is 64.3 Å². The van der Waals surface area contributed by atoms with Gasteiger partial charge in [-0.2, -0.15) is 0 Å². The van der Waals surface area contributed by atoms with Crippen molar-refractivity contribution >= 4 is 7.12 Å². The van der Waals surface area contributed by atoms with Crippen molar-refractivity contribution in [3.63, 3.8) is 0 Å². The average Bonchev–Trinajstić information content (AvgIpc) is 3.11. The molecule has 1 aliphatic carbocycles. The van der Waals surface area contributed by atoms with Gasteiger partial charge in [0.15, 0.2) is 0 Å². The Morgan fingerprint density at radius 3 is 2.25 bits per heavy atom. The van der Waals surface area contributed by atoms with Crippen LogP contribution < -0.4 is 0 Å². The number of aryl methyl sites for hydroxylation is 1. The van der Waals surface area contributed by atoms with E-state index in [4.69, 9.17) is 9.31 Å². The van der Waals surface area contributed by atoms with Crippen molar-refractivity contribution in [2.45, 2.75) is 64.0 Å². The van der Waals surface area contributed by atoms with Crippen LogP contribution in [0.5, 0.6) is 0 Å². The van der Waals surface area contributed by atoms with Crippen LogP contribution in [-0.2, 0) is 15.7 Å². The summed E-state index contributed by atoms with van der Waals surface area (Å²) in [5.41, 5.74) is 1.06. The van der Waals surface area contributed by atoms with E-state index < -0.39 is 0 Å². The Hall–Kier alpha value is -0.795. The molecule has 3 rings (SSSR count). The minimum Gasteiger partial charge on any atom is -0.403 e. The van der Waals surface area contributed by atoms with Crippen LogP contribution in [0.25, 0.3) is 0 Å². The van der Waals surface area contributed by atoms with Gasteiger partial charge in [-0.1, -0.05) is 30.3 Å². The molecule has 1 aromatic rings. The van der Waals surface area contributed by atoms with Crippen LogP contribution in [0, 0.1) is 5.92 Å². The molecule has 2 aliphatic rings. The van der Waals surface area contributed by atoms with Crippen LogP contribution in [0.1, 0.15) is 46.1 Å². The summed E-state index contributed by atoms with van der Waals surface area (Å²) < 4.78 is 12.3. The smallest absolute Gasteiger partial charge is 0.403 e. The largest absolute Gasteiger partial charge is 0.461 e. The maximum absolute atomic E-state index is 6.15. The molecule has 2 fully saturated rings. The zero-order valence-electron chi connectivity index (χ0n) is 13.1. The van der Waals surface area contributed by atoms with Crippen molar-refractivity contribution in [2.75, 3.05) is 0 Å². The van der Waals surface area contributed by atoms with Crippen molar-refractivity contribution in [1.29, 1.82) is 0 Å². The van der Waals surface area contributed by atoms with Crippen LogP contribution in [0.3, 0.4) is 0 Å². The highest BCUT2D eigenvalue weighted by molar-refractivity contribution is 6.48. The van der Waals surface area contributed by atoms with Crippen molar-refractivity contribution in [3.8, 4) is 0 Å². The number of hydrogen-bond donors (Lipinski definition) is 0. The van der Waals surface area contributed by atoms with Crippen LogP contribution in [0.2, 0.25) is 5.82 Å². The molecule has 2 unspecified atom stereocenters. The highest BCUT2D eigenvalue weighted by Gasteiger charge is 2.59. The van der Waals surface area contributed by atoms with Gasteiger partial charge in [0.05, 0.1) is 11.2 Å². The highest BCUT2D eigenvalue weighted by Crippen LogP contribution is 2.54. The first-order valence-electron chi connectivity index (χ1n) is 7.79. The second kappa shape index (κ2) is 4.89. The minimum absolute atomic E-state index is 0.000716. The van der Waals surface area contributed by atoms with Crippen molar-refractivity contribution in [3.05, 3.63) is 35.9 Å². The Morgan fingerprint density at radius 1 is 1.05 bits per heavy atom. The van der Waals surface area contributed by atoms with Gasteiger partial charge in [-0.25, -0.2) is 0 Å². The van der Waals surface area contributed by atoms with E-state index in [-0.39, 0.29) is 18.3 Å². The van der Waals surface area contributed by atoms with E-state index in [9.17, 15) is 0 Å². The molecule has 1 saturated carbocycles. The summed E-state index contributed by atoms with van der Waals surface area (Å²) in [7, 11) is 0.000716. The standard InChI is InChI=1S/C17H25BO2/c1-16(2)17(3,4)20-18(19-16)15-12-14(15)11-10-13-8-6-5-7-9-13/h5-9,14-15H,10-12H2,1-4H3. The first kappa shape index (κ1) is 14.2. The van der Waals surface area contributed by atoms with E-state index in [0.717, 1.165) is 5.92 Å². The maximum atomic E-state index is 6.15. The lowest BCUT2D eigenvalue weighted by Gasteiger charge is -2.32. The van der Waals surface area contributed by atoms with E-state index in [1.165, 1.54) is 24.8 Å². The second-order valence-electron chi connectivity index (χ2n) is 7.31. The third-order valence-electron chi connectivity index (χ3n) is 5.24. The zero-order chi connectivity index (χ0) is 14.4. The molecule has 0 aromatic heterocycles. The third-order valence-corrected chi connectivity index (χ3v) is 5.24. The lowest BCUT2D eigenvalue weighted by Crippen LogP contribution is -2.41. The predicted molar refractivity (Wildman–Crippen MR) is 82.7 cm³/mol. The third kappa shape index (κ3) is 2.66. The molecule has 108 valence electrons. The minimum atomic E-state index is -0.190. The summed E-state index contributed by atoms with van der Waals surface area (Å²) in [6, 6.07) is 10.7. The Morgan fingerprint density at radius 2 is 1.65 bits per heavy atom. The molecule has 2 atom stereocenters. The topological polar surface area (TPSA) is 18.5 Å². The molecular formula is C17H25BO2. The molecule has 0 amide bonds. The molecule has 2 nitrogen and oxygen atoms in total. The summed E-state index contributed by atoms with van der Waals surface area (Å²) >= 11 is 0. The molecular weight excluding hydrogens is 247 g/mol. The van der Waals surface area contributed by atoms with Crippen LogP contribution >= 0.6 is 0 Å². The van der Waals surface area contributed by atoms with Gasteiger partial charge in [-0.3, -0.25) is 0 Å². The molecule has 1 saturated heterocycles. The Labute approximate surface area is 123 Å². The van der Waals surface area contributed by atoms with Gasteiger partial charge < -0.3 is 9.31 Å². The fourth-order valence-electron chi connectivity index (χ4n) is 3.00. The molecule has 20 heavy (non-hydrogen) atoms.